The van der Waals surface area contributed by atoms with Gasteiger partial charge in [0.1, 0.15) is 10.8 Å². The lowest BCUT2D eigenvalue weighted by atomic mass is 10.1. The number of halogens is 1. The molecule has 5 nitrogen and oxygen atoms in total. The number of pyridine rings is 1. The van der Waals surface area contributed by atoms with E-state index in [1.807, 2.05) is 54.6 Å². The van der Waals surface area contributed by atoms with Crippen LogP contribution < -0.4 is 5.73 Å². The van der Waals surface area contributed by atoms with Crippen molar-refractivity contribution in [2.24, 2.45) is 5.73 Å². The number of hydrogen-bond donors (Lipinski definition) is 1. The zero-order valence-corrected chi connectivity index (χ0v) is 14.8. The summed E-state index contributed by atoms with van der Waals surface area (Å²) in [5, 5.41) is 1.91. The van der Waals surface area contributed by atoms with Crippen molar-refractivity contribution in [1.29, 1.82) is 0 Å². The van der Waals surface area contributed by atoms with E-state index in [-0.39, 0.29) is 29.7 Å². The summed E-state index contributed by atoms with van der Waals surface area (Å²) in [7, 11) is 0. The lowest BCUT2D eigenvalue weighted by Gasteiger charge is -2.22. The molecular weight excluding hydrogens is 350 g/mol. The number of hydrogen-bond acceptors (Lipinski definition) is 3. The number of aromatic nitrogens is 1. The zero-order chi connectivity index (χ0) is 18.5. The summed E-state index contributed by atoms with van der Waals surface area (Å²) >= 11 is 6.24. The number of nitrogens with zero attached hydrogens (tertiary/aromatic N) is 2. The summed E-state index contributed by atoms with van der Waals surface area (Å²) in [4.78, 5) is 30.0. The Kier molecular flexibility index (Phi) is 5.49. The SMILES string of the molecule is NC(=O)CCN(Cc1ccccc1)C(=O)c1cc2ccccc2c(Cl)n1. The Morgan fingerprint density at radius 3 is 2.46 bits per heavy atom. The standard InChI is InChI=1S/C20H18ClN3O2/c21-19-16-9-5-4-8-15(16)12-17(23-19)20(26)24(11-10-18(22)25)13-14-6-2-1-3-7-14/h1-9,12H,10-11,13H2,(H2,22,25). The van der Waals surface area contributed by atoms with Gasteiger partial charge in [0, 0.05) is 24.9 Å². The second kappa shape index (κ2) is 7.97. The van der Waals surface area contributed by atoms with Crippen LogP contribution in [0.2, 0.25) is 5.15 Å². The second-order valence-corrected chi connectivity index (χ2v) is 6.31. The molecule has 3 aromatic rings. The van der Waals surface area contributed by atoms with Crippen LogP contribution in [0.4, 0.5) is 0 Å². The van der Waals surface area contributed by atoms with Crippen LogP contribution in [0.1, 0.15) is 22.5 Å². The summed E-state index contributed by atoms with van der Waals surface area (Å²) in [6.45, 7) is 0.578. The van der Waals surface area contributed by atoms with Crippen molar-refractivity contribution in [2.45, 2.75) is 13.0 Å². The van der Waals surface area contributed by atoms with E-state index in [0.717, 1.165) is 16.3 Å². The molecule has 0 aliphatic rings. The summed E-state index contributed by atoms with van der Waals surface area (Å²) in [5.74, 6) is -0.747. The molecule has 132 valence electrons. The van der Waals surface area contributed by atoms with Gasteiger partial charge in [-0.15, -0.1) is 0 Å². The van der Waals surface area contributed by atoms with Crippen LogP contribution in [0.3, 0.4) is 0 Å². The summed E-state index contributed by atoms with van der Waals surface area (Å²) in [5.41, 5.74) is 6.46. The fraction of sp³-hybridized carbons (Fsp3) is 0.150. The zero-order valence-electron chi connectivity index (χ0n) is 14.1. The van der Waals surface area contributed by atoms with E-state index in [1.165, 1.54) is 0 Å². The first-order valence-corrected chi connectivity index (χ1v) is 8.59. The molecule has 0 radical (unpaired) electrons. The third kappa shape index (κ3) is 4.18. The average Bonchev–Trinajstić information content (AvgIpc) is 2.65. The molecule has 1 heterocycles. The molecule has 0 bridgehead atoms. The molecule has 0 aliphatic carbocycles. The van der Waals surface area contributed by atoms with E-state index in [1.54, 1.807) is 11.0 Å². The van der Waals surface area contributed by atoms with Gasteiger partial charge in [-0.2, -0.15) is 0 Å². The van der Waals surface area contributed by atoms with Crippen LogP contribution in [-0.4, -0.2) is 28.2 Å². The fourth-order valence-electron chi connectivity index (χ4n) is 2.73. The molecular formula is C20H18ClN3O2. The monoisotopic (exact) mass is 367 g/mol. The van der Waals surface area contributed by atoms with Crippen molar-refractivity contribution in [2.75, 3.05) is 6.54 Å². The van der Waals surface area contributed by atoms with Gasteiger partial charge in [-0.25, -0.2) is 4.98 Å². The molecule has 6 heteroatoms. The van der Waals surface area contributed by atoms with Crippen molar-refractivity contribution >= 4 is 34.2 Å². The highest BCUT2D eigenvalue weighted by Gasteiger charge is 2.19. The van der Waals surface area contributed by atoms with Crippen LogP contribution in [0, 0.1) is 0 Å². The van der Waals surface area contributed by atoms with Gasteiger partial charge < -0.3 is 10.6 Å². The number of primary amides is 1. The summed E-state index contributed by atoms with van der Waals surface area (Å²) in [6, 6.07) is 18.7. The normalized spacial score (nSPS) is 10.7. The van der Waals surface area contributed by atoms with Crippen molar-refractivity contribution in [1.82, 2.24) is 9.88 Å². The third-order valence-corrected chi connectivity index (χ3v) is 4.33. The molecule has 1 aromatic heterocycles. The molecule has 2 N–H and O–H groups in total. The van der Waals surface area contributed by atoms with Crippen molar-refractivity contribution in [3.05, 3.63) is 77.1 Å². The van der Waals surface area contributed by atoms with Crippen molar-refractivity contribution < 1.29 is 9.59 Å². The van der Waals surface area contributed by atoms with Gasteiger partial charge in [0.2, 0.25) is 5.91 Å². The van der Waals surface area contributed by atoms with Gasteiger partial charge in [0.15, 0.2) is 0 Å². The highest BCUT2D eigenvalue weighted by Crippen LogP contribution is 2.23. The lowest BCUT2D eigenvalue weighted by Crippen LogP contribution is -2.34. The Labute approximate surface area is 156 Å². The van der Waals surface area contributed by atoms with E-state index in [9.17, 15) is 9.59 Å². The highest BCUT2D eigenvalue weighted by atomic mass is 35.5. The maximum Gasteiger partial charge on any atom is 0.272 e. The number of nitrogens with two attached hydrogens (primary N) is 1. The number of carbonyl (C=O) groups excluding carboxylic acids is 2. The molecule has 0 spiro atoms. The molecule has 0 aliphatic heterocycles. The Morgan fingerprint density at radius 2 is 1.73 bits per heavy atom. The molecule has 0 fully saturated rings. The average molecular weight is 368 g/mol. The van der Waals surface area contributed by atoms with E-state index in [2.05, 4.69) is 4.98 Å². The number of carbonyl (C=O) groups is 2. The largest absolute Gasteiger partial charge is 0.370 e. The fourth-order valence-corrected chi connectivity index (χ4v) is 2.99. The predicted octanol–water partition coefficient (Wildman–Crippen LogP) is 3.41. The molecule has 0 atom stereocenters. The van der Waals surface area contributed by atoms with E-state index in [0.29, 0.717) is 6.54 Å². The van der Waals surface area contributed by atoms with Crippen molar-refractivity contribution in [3.63, 3.8) is 0 Å². The second-order valence-electron chi connectivity index (χ2n) is 5.95. The van der Waals surface area contributed by atoms with Gasteiger partial charge in [-0.3, -0.25) is 9.59 Å². The van der Waals surface area contributed by atoms with E-state index in [4.69, 9.17) is 17.3 Å². The first kappa shape index (κ1) is 17.9. The number of amides is 2. The number of rotatable bonds is 6. The topological polar surface area (TPSA) is 76.3 Å². The summed E-state index contributed by atoms with van der Waals surface area (Å²) < 4.78 is 0. The minimum absolute atomic E-state index is 0.0832. The lowest BCUT2D eigenvalue weighted by molar-refractivity contribution is -0.118. The minimum Gasteiger partial charge on any atom is -0.370 e. The molecule has 3 rings (SSSR count). The van der Waals surface area contributed by atoms with Gasteiger partial charge in [0.25, 0.3) is 5.91 Å². The maximum atomic E-state index is 13.0. The number of benzene rings is 2. The van der Waals surface area contributed by atoms with Crippen molar-refractivity contribution in [3.8, 4) is 0 Å². The first-order valence-electron chi connectivity index (χ1n) is 8.21. The molecule has 2 amide bonds. The van der Waals surface area contributed by atoms with Gasteiger partial charge in [-0.05, 0) is 17.0 Å². The van der Waals surface area contributed by atoms with Crippen LogP contribution in [0.25, 0.3) is 10.8 Å². The molecule has 2 aromatic carbocycles. The maximum absolute atomic E-state index is 13.0. The van der Waals surface area contributed by atoms with Gasteiger partial charge in [0.05, 0.1) is 0 Å². The minimum atomic E-state index is -0.458. The Hall–Kier alpha value is -2.92. The van der Waals surface area contributed by atoms with E-state index >= 15 is 0 Å². The van der Waals surface area contributed by atoms with Crippen LogP contribution >= 0.6 is 11.6 Å². The van der Waals surface area contributed by atoms with Crippen LogP contribution in [0.5, 0.6) is 0 Å². The van der Waals surface area contributed by atoms with E-state index < -0.39 is 5.91 Å². The third-order valence-electron chi connectivity index (χ3n) is 4.04. The van der Waals surface area contributed by atoms with Crippen LogP contribution in [-0.2, 0) is 11.3 Å². The predicted molar refractivity (Wildman–Crippen MR) is 102 cm³/mol. The molecule has 0 unspecified atom stereocenters. The molecule has 0 saturated heterocycles. The molecule has 0 saturated carbocycles. The smallest absolute Gasteiger partial charge is 0.272 e. The molecule has 26 heavy (non-hydrogen) atoms. The Morgan fingerprint density at radius 1 is 1.04 bits per heavy atom. The Balaban J connectivity index is 1.92. The van der Waals surface area contributed by atoms with Crippen LogP contribution in [0.15, 0.2) is 60.7 Å². The first-order chi connectivity index (χ1) is 12.5. The highest BCUT2D eigenvalue weighted by molar-refractivity contribution is 6.34. The number of fused-ring (bicyclic) bond motifs is 1. The van der Waals surface area contributed by atoms with Gasteiger partial charge >= 0.3 is 0 Å². The quantitative estimate of drug-likeness (QED) is 0.678. The van der Waals surface area contributed by atoms with Gasteiger partial charge in [-0.1, -0.05) is 66.2 Å². The summed E-state index contributed by atoms with van der Waals surface area (Å²) in [6.07, 6.45) is 0.0832. The Bertz CT molecular complexity index is 944.